The number of rotatable bonds is 6. The first kappa shape index (κ1) is 22.2. The van der Waals surface area contributed by atoms with Gasteiger partial charge in [-0.3, -0.25) is 4.79 Å². The number of amides is 1. The van der Waals surface area contributed by atoms with Crippen LogP contribution in [0.2, 0.25) is 5.02 Å². The van der Waals surface area contributed by atoms with Crippen LogP contribution in [0.15, 0.2) is 41.3 Å². The number of carbonyl (C=O) groups is 1. The molecule has 1 heterocycles. The predicted octanol–water partition coefficient (Wildman–Crippen LogP) is 2.51. The fraction of sp³-hybridized carbons (Fsp3) is 0.350. The number of sulfonamides is 1. The van der Waals surface area contributed by atoms with Crippen LogP contribution >= 0.6 is 11.6 Å². The molecule has 8 nitrogen and oxygen atoms in total. The summed E-state index contributed by atoms with van der Waals surface area (Å²) in [6, 6.07) is 9.20. The molecule has 0 bridgehead atoms. The van der Waals surface area contributed by atoms with E-state index in [-0.39, 0.29) is 37.0 Å². The second-order valence-electron chi connectivity index (χ2n) is 6.56. The number of carbonyl (C=O) groups excluding carboxylic acids is 1. The van der Waals surface area contributed by atoms with Gasteiger partial charge in [0.2, 0.25) is 15.8 Å². The van der Waals surface area contributed by atoms with Crippen molar-refractivity contribution in [1.82, 2.24) is 9.21 Å². The van der Waals surface area contributed by atoms with Crippen LogP contribution in [0.5, 0.6) is 17.2 Å². The lowest BCUT2D eigenvalue weighted by Crippen LogP contribution is -2.50. The third-order valence-electron chi connectivity index (χ3n) is 4.89. The van der Waals surface area contributed by atoms with Crippen molar-refractivity contribution in [2.75, 3.05) is 47.5 Å². The molecule has 1 aliphatic heterocycles. The van der Waals surface area contributed by atoms with E-state index in [2.05, 4.69) is 0 Å². The standard InChI is InChI=1S/C20H23ClN2O6S/c1-27-17-12-14(13-18(28-2)19(17)29-3)20(24)22-8-10-23(11-9-22)30(25,26)16-6-4-15(21)5-7-16/h4-7,12-13H,8-11H2,1-3H3. The van der Waals surface area contributed by atoms with Crippen molar-refractivity contribution in [1.29, 1.82) is 0 Å². The van der Waals surface area contributed by atoms with Crippen molar-refractivity contribution in [3.8, 4) is 17.2 Å². The monoisotopic (exact) mass is 454 g/mol. The van der Waals surface area contributed by atoms with Crippen LogP contribution in [-0.4, -0.2) is 71.0 Å². The van der Waals surface area contributed by atoms with Crippen LogP contribution in [0, 0.1) is 0 Å². The van der Waals surface area contributed by atoms with Gasteiger partial charge in [-0.15, -0.1) is 0 Å². The van der Waals surface area contributed by atoms with Gasteiger partial charge in [-0.2, -0.15) is 4.31 Å². The first-order valence-electron chi connectivity index (χ1n) is 9.16. The summed E-state index contributed by atoms with van der Waals surface area (Å²) >= 11 is 5.84. The van der Waals surface area contributed by atoms with Crippen molar-refractivity contribution in [2.45, 2.75) is 4.90 Å². The van der Waals surface area contributed by atoms with Gasteiger partial charge < -0.3 is 19.1 Å². The van der Waals surface area contributed by atoms with Crippen molar-refractivity contribution in [2.24, 2.45) is 0 Å². The van der Waals surface area contributed by atoms with E-state index in [4.69, 9.17) is 25.8 Å². The van der Waals surface area contributed by atoms with Gasteiger partial charge >= 0.3 is 0 Å². The molecular formula is C20H23ClN2O6S. The number of benzene rings is 2. The molecule has 0 aliphatic carbocycles. The third kappa shape index (κ3) is 4.33. The molecule has 0 unspecified atom stereocenters. The Labute approximate surface area is 180 Å². The topological polar surface area (TPSA) is 85.4 Å². The van der Waals surface area contributed by atoms with Crippen LogP contribution in [0.25, 0.3) is 0 Å². The Balaban J connectivity index is 1.75. The van der Waals surface area contributed by atoms with Crippen molar-refractivity contribution in [3.05, 3.63) is 47.0 Å². The van der Waals surface area contributed by atoms with Gasteiger partial charge in [-0.05, 0) is 36.4 Å². The number of halogens is 1. The minimum absolute atomic E-state index is 0.177. The minimum Gasteiger partial charge on any atom is -0.493 e. The van der Waals surface area contributed by atoms with Crippen LogP contribution in [0.3, 0.4) is 0 Å². The van der Waals surface area contributed by atoms with Crippen molar-refractivity contribution >= 4 is 27.5 Å². The summed E-state index contributed by atoms with van der Waals surface area (Å²) in [6.45, 7) is 0.923. The Morgan fingerprint density at radius 3 is 1.90 bits per heavy atom. The molecule has 2 aromatic carbocycles. The number of piperazine rings is 1. The largest absolute Gasteiger partial charge is 0.493 e. The highest BCUT2D eigenvalue weighted by atomic mass is 35.5. The van der Waals surface area contributed by atoms with Gasteiger partial charge in [0.15, 0.2) is 11.5 Å². The Kier molecular flexibility index (Phi) is 6.74. The summed E-state index contributed by atoms with van der Waals surface area (Å²) in [6.07, 6.45) is 0. The Morgan fingerprint density at radius 1 is 0.900 bits per heavy atom. The van der Waals surface area contributed by atoms with Crippen LogP contribution in [0.1, 0.15) is 10.4 Å². The molecule has 162 valence electrons. The maximum absolute atomic E-state index is 13.0. The predicted molar refractivity (Wildman–Crippen MR) is 112 cm³/mol. The smallest absolute Gasteiger partial charge is 0.254 e. The summed E-state index contributed by atoms with van der Waals surface area (Å²) in [4.78, 5) is 14.8. The number of hydrogen-bond acceptors (Lipinski definition) is 6. The molecule has 1 aliphatic rings. The lowest BCUT2D eigenvalue weighted by molar-refractivity contribution is 0.0697. The highest BCUT2D eigenvalue weighted by molar-refractivity contribution is 7.89. The molecule has 1 fully saturated rings. The molecule has 0 saturated carbocycles. The highest BCUT2D eigenvalue weighted by Crippen LogP contribution is 2.38. The average Bonchev–Trinajstić information content (AvgIpc) is 2.77. The van der Waals surface area contributed by atoms with Gasteiger partial charge in [0.05, 0.1) is 26.2 Å². The number of nitrogens with zero attached hydrogens (tertiary/aromatic N) is 2. The first-order chi connectivity index (χ1) is 14.3. The van der Waals surface area contributed by atoms with Gasteiger partial charge in [-0.1, -0.05) is 11.6 Å². The second kappa shape index (κ2) is 9.11. The molecule has 0 spiro atoms. The zero-order valence-electron chi connectivity index (χ0n) is 16.9. The summed E-state index contributed by atoms with van der Waals surface area (Å²) in [7, 11) is 0.802. The van der Waals surface area contributed by atoms with E-state index in [0.29, 0.717) is 27.8 Å². The Hall–Kier alpha value is -2.49. The van der Waals surface area contributed by atoms with E-state index in [9.17, 15) is 13.2 Å². The van der Waals surface area contributed by atoms with E-state index in [1.807, 2.05) is 0 Å². The molecule has 1 amide bonds. The Morgan fingerprint density at radius 2 is 1.43 bits per heavy atom. The SMILES string of the molecule is COc1cc(C(=O)N2CCN(S(=O)(=O)c3ccc(Cl)cc3)CC2)cc(OC)c1OC. The lowest BCUT2D eigenvalue weighted by Gasteiger charge is -2.34. The maximum atomic E-state index is 13.0. The van der Waals surface area contributed by atoms with E-state index in [0.717, 1.165) is 0 Å². The van der Waals surface area contributed by atoms with Gasteiger partial charge in [-0.25, -0.2) is 8.42 Å². The van der Waals surface area contributed by atoms with E-state index >= 15 is 0 Å². The van der Waals surface area contributed by atoms with Crippen LogP contribution in [-0.2, 0) is 10.0 Å². The Bertz CT molecular complexity index is 993. The van der Waals surface area contributed by atoms with Crippen LogP contribution < -0.4 is 14.2 Å². The molecule has 10 heteroatoms. The number of hydrogen-bond donors (Lipinski definition) is 0. The quantitative estimate of drug-likeness (QED) is 0.666. The molecule has 30 heavy (non-hydrogen) atoms. The second-order valence-corrected chi connectivity index (χ2v) is 8.94. The zero-order chi connectivity index (χ0) is 21.9. The summed E-state index contributed by atoms with van der Waals surface area (Å²) in [5.41, 5.74) is 0.374. The fourth-order valence-electron chi connectivity index (χ4n) is 3.27. The summed E-state index contributed by atoms with van der Waals surface area (Å²) in [5.74, 6) is 0.918. The van der Waals surface area contributed by atoms with Gasteiger partial charge in [0.1, 0.15) is 0 Å². The zero-order valence-corrected chi connectivity index (χ0v) is 18.5. The molecular weight excluding hydrogens is 432 g/mol. The molecule has 0 radical (unpaired) electrons. The first-order valence-corrected chi connectivity index (χ1v) is 11.0. The molecule has 0 atom stereocenters. The average molecular weight is 455 g/mol. The summed E-state index contributed by atoms with van der Waals surface area (Å²) < 4.78 is 42.9. The van der Waals surface area contributed by atoms with Gasteiger partial charge in [0, 0.05) is 36.8 Å². The van der Waals surface area contributed by atoms with E-state index < -0.39 is 10.0 Å². The molecule has 0 N–H and O–H groups in total. The third-order valence-corrected chi connectivity index (χ3v) is 7.05. The highest BCUT2D eigenvalue weighted by Gasteiger charge is 2.31. The number of ether oxygens (including phenoxy) is 3. The normalized spacial score (nSPS) is 15.0. The fourth-order valence-corrected chi connectivity index (χ4v) is 4.82. The van der Waals surface area contributed by atoms with Gasteiger partial charge in [0.25, 0.3) is 5.91 Å². The maximum Gasteiger partial charge on any atom is 0.254 e. The minimum atomic E-state index is -3.64. The molecule has 3 rings (SSSR count). The lowest BCUT2D eigenvalue weighted by atomic mass is 10.1. The van der Waals surface area contributed by atoms with Crippen molar-refractivity contribution in [3.63, 3.8) is 0 Å². The molecule has 2 aromatic rings. The van der Waals surface area contributed by atoms with Crippen LogP contribution in [0.4, 0.5) is 0 Å². The summed E-state index contributed by atoms with van der Waals surface area (Å²) in [5, 5.41) is 0.467. The van der Waals surface area contributed by atoms with E-state index in [1.54, 1.807) is 29.2 Å². The molecule has 0 aromatic heterocycles. The van der Waals surface area contributed by atoms with Crippen molar-refractivity contribution < 1.29 is 27.4 Å². The number of methoxy groups -OCH3 is 3. The van der Waals surface area contributed by atoms with E-state index in [1.165, 1.54) is 37.8 Å². The molecule has 1 saturated heterocycles.